The van der Waals surface area contributed by atoms with Crippen molar-refractivity contribution in [1.82, 2.24) is 10.5 Å². The molecule has 0 saturated heterocycles. The summed E-state index contributed by atoms with van der Waals surface area (Å²) in [5, 5.41) is 0.847. The van der Waals surface area contributed by atoms with Gasteiger partial charge < -0.3 is 5.73 Å². The number of fused-ring (bicyclic) bond motifs is 1. The van der Waals surface area contributed by atoms with Crippen LogP contribution < -0.4 is 11.2 Å². The Balaban J connectivity index is 2.20. The fourth-order valence-corrected chi connectivity index (χ4v) is 1.52. The largest absolute Gasteiger partial charge is 0.368 e. The molecule has 1 heterocycles. The van der Waals surface area contributed by atoms with Crippen molar-refractivity contribution >= 4 is 22.7 Å². The number of nitrogens with one attached hydrogen (secondary N) is 1. The van der Waals surface area contributed by atoms with E-state index in [0.29, 0.717) is 11.1 Å². The van der Waals surface area contributed by atoms with Crippen LogP contribution in [-0.4, -0.2) is 23.4 Å². The Bertz CT molecular complexity index is 593. The number of hydrogen-bond acceptors (Lipinski definition) is 4. The Kier molecular flexibility index (Phi) is 3.49. The molecule has 0 radical (unpaired) electrons. The first-order chi connectivity index (χ1) is 8.68. The number of benzene rings is 1. The highest BCUT2D eigenvalue weighted by molar-refractivity contribution is 6.04. The van der Waals surface area contributed by atoms with E-state index in [1.807, 2.05) is 12.1 Å². The number of hydrogen-bond donors (Lipinski definition) is 2. The fourth-order valence-electron chi connectivity index (χ4n) is 1.52. The summed E-state index contributed by atoms with van der Waals surface area (Å²) in [5.41, 5.74) is 7.97. The van der Waals surface area contributed by atoms with E-state index >= 15 is 0 Å². The molecule has 0 aliphatic heterocycles. The third kappa shape index (κ3) is 2.61. The molecule has 0 spiro atoms. The zero-order valence-corrected chi connectivity index (χ0v) is 9.42. The molecule has 6 nitrogen and oxygen atoms in total. The lowest BCUT2D eigenvalue weighted by Crippen LogP contribution is -2.29. The van der Waals surface area contributed by atoms with Crippen LogP contribution in [0.5, 0.6) is 0 Å². The molecule has 1 aromatic carbocycles. The second-order valence-corrected chi connectivity index (χ2v) is 3.57. The summed E-state index contributed by atoms with van der Waals surface area (Å²) in [7, 11) is 0. The maximum atomic E-state index is 11.8. The molecule has 0 bridgehead atoms. The van der Waals surface area contributed by atoms with Gasteiger partial charge in [-0.15, -0.1) is 0 Å². The average Bonchev–Trinajstić information content (AvgIpc) is 2.37. The second kappa shape index (κ2) is 5.24. The molecule has 1 aromatic heterocycles. The number of carbonyl (C=O) groups excluding carboxylic acids is 2. The summed E-state index contributed by atoms with van der Waals surface area (Å²) < 4.78 is 0. The predicted octanol–water partition coefficient (Wildman–Crippen LogP) is 0.381. The molecule has 2 aromatic rings. The minimum atomic E-state index is -0.661. The second-order valence-electron chi connectivity index (χ2n) is 3.57. The molecule has 3 N–H and O–H groups in total. The molecule has 92 valence electrons. The Morgan fingerprint density at radius 2 is 2.06 bits per heavy atom. The van der Waals surface area contributed by atoms with Crippen LogP contribution in [-0.2, 0) is 9.63 Å². The fraction of sp³-hybridized carbons (Fsp3) is 0.0833. The van der Waals surface area contributed by atoms with Crippen molar-refractivity contribution in [3.63, 3.8) is 0 Å². The van der Waals surface area contributed by atoms with Gasteiger partial charge in [0.2, 0.25) is 5.91 Å². The predicted molar refractivity (Wildman–Crippen MR) is 64.4 cm³/mol. The molecular formula is C12H11N3O3. The van der Waals surface area contributed by atoms with Crippen LogP contribution in [0.2, 0.25) is 0 Å². The molecular weight excluding hydrogens is 234 g/mol. The smallest absolute Gasteiger partial charge is 0.277 e. The summed E-state index contributed by atoms with van der Waals surface area (Å²) in [6.45, 7) is -0.371. The van der Waals surface area contributed by atoms with Crippen LogP contribution in [0.1, 0.15) is 10.4 Å². The third-order valence-corrected chi connectivity index (χ3v) is 2.26. The maximum absolute atomic E-state index is 11.8. The summed E-state index contributed by atoms with van der Waals surface area (Å²) in [6.07, 6.45) is 1.60. The Morgan fingerprint density at radius 1 is 1.28 bits per heavy atom. The van der Waals surface area contributed by atoms with Crippen molar-refractivity contribution in [2.45, 2.75) is 0 Å². The summed E-state index contributed by atoms with van der Waals surface area (Å²) in [6, 6.07) is 8.85. The molecule has 0 unspecified atom stereocenters. The molecule has 0 saturated carbocycles. The zero-order valence-electron chi connectivity index (χ0n) is 9.42. The van der Waals surface area contributed by atoms with Crippen molar-refractivity contribution < 1.29 is 14.4 Å². The lowest BCUT2D eigenvalue weighted by Gasteiger charge is -2.06. The first-order valence-electron chi connectivity index (χ1n) is 5.22. The van der Waals surface area contributed by atoms with Crippen LogP contribution in [0.15, 0.2) is 36.5 Å². The van der Waals surface area contributed by atoms with Gasteiger partial charge in [0.05, 0.1) is 11.1 Å². The summed E-state index contributed by atoms with van der Waals surface area (Å²) in [4.78, 5) is 31.1. The lowest BCUT2D eigenvalue weighted by molar-refractivity contribution is -0.124. The van der Waals surface area contributed by atoms with E-state index in [1.165, 1.54) is 0 Å². The van der Waals surface area contributed by atoms with Crippen molar-refractivity contribution in [2.24, 2.45) is 5.73 Å². The maximum Gasteiger partial charge on any atom is 0.277 e. The molecule has 0 fully saturated rings. The van der Waals surface area contributed by atoms with Crippen molar-refractivity contribution in [3.8, 4) is 0 Å². The number of hydroxylamine groups is 1. The van der Waals surface area contributed by atoms with Crippen LogP contribution in [0.25, 0.3) is 10.9 Å². The van der Waals surface area contributed by atoms with E-state index in [2.05, 4.69) is 15.3 Å². The molecule has 0 aliphatic rings. The van der Waals surface area contributed by atoms with Crippen molar-refractivity contribution in [1.29, 1.82) is 0 Å². The normalized spacial score (nSPS) is 10.2. The molecule has 2 amide bonds. The number of pyridine rings is 1. The zero-order chi connectivity index (χ0) is 13.0. The number of amides is 2. The number of carbonyl (C=O) groups is 2. The van der Waals surface area contributed by atoms with Crippen LogP contribution in [0.4, 0.5) is 0 Å². The highest BCUT2D eigenvalue weighted by Gasteiger charge is 2.10. The van der Waals surface area contributed by atoms with E-state index in [0.717, 1.165) is 5.39 Å². The highest BCUT2D eigenvalue weighted by Crippen LogP contribution is 2.15. The first kappa shape index (κ1) is 12.0. The molecule has 0 atom stereocenters. The minimum absolute atomic E-state index is 0.371. The standard InChI is InChI=1S/C12H11N3O3/c13-10(16)7-18-15-12(17)9-5-1-3-8-4-2-6-14-11(8)9/h1-6H,7H2,(H2,13,16)(H,15,17). The summed E-state index contributed by atoms with van der Waals surface area (Å²) in [5.74, 6) is -1.13. The van der Waals surface area contributed by atoms with E-state index < -0.39 is 11.8 Å². The monoisotopic (exact) mass is 245 g/mol. The Hall–Kier alpha value is -2.47. The van der Waals surface area contributed by atoms with Gasteiger partial charge >= 0.3 is 0 Å². The quantitative estimate of drug-likeness (QED) is 0.761. The minimum Gasteiger partial charge on any atom is -0.368 e. The number of aromatic nitrogens is 1. The number of primary amides is 1. The number of rotatable bonds is 4. The van der Waals surface area contributed by atoms with Gasteiger partial charge in [0, 0.05) is 11.6 Å². The summed E-state index contributed by atoms with van der Waals surface area (Å²) >= 11 is 0. The lowest BCUT2D eigenvalue weighted by atomic mass is 10.1. The van der Waals surface area contributed by atoms with Gasteiger partial charge in [0.1, 0.15) is 0 Å². The van der Waals surface area contributed by atoms with Gasteiger partial charge in [0.15, 0.2) is 6.61 Å². The SMILES string of the molecule is NC(=O)CONC(=O)c1cccc2cccnc12. The van der Waals surface area contributed by atoms with Gasteiger partial charge in [-0.1, -0.05) is 18.2 Å². The van der Waals surface area contributed by atoms with E-state index in [-0.39, 0.29) is 6.61 Å². The van der Waals surface area contributed by atoms with Gasteiger partial charge in [-0.3, -0.25) is 19.4 Å². The van der Waals surface area contributed by atoms with Gasteiger partial charge in [0.25, 0.3) is 5.91 Å². The Morgan fingerprint density at radius 3 is 2.83 bits per heavy atom. The van der Waals surface area contributed by atoms with Crippen molar-refractivity contribution in [2.75, 3.05) is 6.61 Å². The van der Waals surface area contributed by atoms with Gasteiger partial charge in [-0.25, -0.2) is 5.48 Å². The Labute approximate surface area is 103 Å². The van der Waals surface area contributed by atoms with E-state index in [9.17, 15) is 9.59 Å². The first-order valence-corrected chi connectivity index (χ1v) is 5.22. The van der Waals surface area contributed by atoms with Crippen LogP contribution in [0, 0.1) is 0 Å². The molecule has 2 rings (SSSR count). The van der Waals surface area contributed by atoms with Crippen LogP contribution in [0.3, 0.4) is 0 Å². The topological polar surface area (TPSA) is 94.3 Å². The van der Waals surface area contributed by atoms with Gasteiger partial charge in [-0.2, -0.15) is 0 Å². The number of para-hydroxylation sites is 1. The average molecular weight is 245 g/mol. The molecule has 18 heavy (non-hydrogen) atoms. The molecule has 6 heteroatoms. The van der Waals surface area contributed by atoms with Gasteiger partial charge in [-0.05, 0) is 12.1 Å². The molecule has 0 aliphatic carbocycles. The third-order valence-electron chi connectivity index (χ3n) is 2.26. The number of nitrogens with two attached hydrogens (primary N) is 1. The van der Waals surface area contributed by atoms with E-state index in [4.69, 9.17) is 5.73 Å². The van der Waals surface area contributed by atoms with Crippen molar-refractivity contribution in [3.05, 3.63) is 42.1 Å². The highest BCUT2D eigenvalue weighted by atomic mass is 16.7. The van der Waals surface area contributed by atoms with E-state index in [1.54, 1.807) is 24.4 Å². The van der Waals surface area contributed by atoms with Crippen LogP contribution >= 0.6 is 0 Å². The number of nitrogens with zero attached hydrogens (tertiary/aromatic N) is 1.